The summed E-state index contributed by atoms with van der Waals surface area (Å²) in [6, 6.07) is 10.8. The van der Waals surface area contributed by atoms with Crippen LogP contribution in [-0.4, -0.2) is 21.8 Å². The van der Waals surface area contributed by atoms with Crippen LogP contribution in [0.2, 0.25) is 10.0 Å². The second-order valence-corrected chi connectivity index (χ2v) is 7.86. The highest BCUT2D eigenvalue weighted by Crippen LogP contribution is 2.40. The number of aromatic hydroxyl groups is 1. The van der Waals surface area contributed by atoms with E-state index in [-0.39, 0.29) is 38.8 Å². The second kappa shape index (κ2) is 8.49. The van der Waals surface area contributed by atoms with E-state index in [1.807, 2.05) is 0 Å². The van der Waals surface area contributed by atoms with Gasteiger partial charge in [-0.25, -0.2) is 4.39 Å². The zero-order valence-corrected chi connectivity index (χ0v) is 17.4. The van der Waals surface area contributed by atoms with E-state index in [4.69, 9.17) is 23.2 Å². The minimum atomic E-state index is -0.919. The number of benzene rings is 2. The number of carbonyl (C=O) groups excluding carboxylic acids is 2. The van der Waals surface area contributed by atoms with Gasteiger partial charge in [0.1, 0.15) is 11.6 Å². The van der Waals surface area contributed by atoms with Crippen molar-refractivity contribution in [3.63, 3.8) is 0 Å². The maximum absolute atomic E-state index is 13.2. The molecule has 0 bridgehead atoms. The molecule has 0 radical (unpaired) electrons. The molecule has 0 saturated heterocycles. The van der Waals surface area contributed by atoms with Crippen LogP contribution in [0.3, 0.4) is 0 Å². The molecule has 2 aromatic carbocycles. The number of ketones is 1. The van der Waals surface area contributed by atoms with Gasteiger partial charge in [0, 0.05) is 23.9 Å². The smallest absolute Gasteiger partial charge is 0.296 e. The van der Waals surface area contributed by atoms with Crippen molar-refractivity contribution in [1.29, 1.82) is 0 Å². The predicted molar refractivity (Wildman–Crippen MR) is 117 cm³/mol. The van der Waals surface area contributed by atoms with Crippen LogP contribution in [0.25, 0.3) is 5.57 Å². The van der Waals surface area contributed by atoms with Crippen LogP contribution in [-0.2, 0) is 16.0 Å². The quantitative estimate of drug-likeness (QED) is 0.519. The van der Waals surface area contributed by atoms with E-state index < -0.39 is 11.7 Å². The van der Waals surface area contributed by atoms with Crippen molar-refractivity contribution in [2.45, 2.75) is 12.3 Å². The van der Waals surface area contributed by atoms with Crippen LogP contribution >= 0.6 is 23.2 Å². The summed E-state index contributed by atoms with van der Waals surface area (Å²) in [5.41, 5.74) is 2.39. The molecule has 0 fully saturated rings. The van der Waals surface area contributed by atoms with Crippen molar-refractivity contribution < 1.29 is 19.1 Å². The highest BCUT2D eigenvalue weighted by Gasteiger charge is 2.31. The number of fused-ring (bicyclic) bond motifs is 1. The number of Topliss-reactive ketones (excluding diaryl/α,β-unsaturated/α-hetero) is 1. The maximum atomic E-state index is 13.2. The lowest BCUT2D eigenvalue weighted by atomic mass is 9.93. The first-order valence-corrected chi connectivity index (χ1v) is 10.0. The summed E-state index contributed by atoms with van der Waals surface area (Å²) in [6.07, 6.45) is 4.78. The first-order valence-electron chi connectivity index (χ1n) is 9.27. The summed E-state index contributed by atoms with van der Waals surface area (Å²) in [6.45, 7) is 0. The number of phenols is 1. The number of halogens is 3. The molecule has 1 amide bonds. The number of pyridine rings is 1. The van der Waals surface area contributed by atoms with Gasteiger partial charge in [-0.05, 0) is 47.4 Å². The number of phenolic OH excluding ortho intramolecular Hbond substituents is 1. The Morgan fingerprint density at radius 2 is 1.74 bits per heavy atom. The molecular weight excluding hydrogens is 442 g/mol. The lowest BCUT2D eigenvalue weighted by Crippen LogP contribution is -2.23. The van der Waals surface area contributed by atoms with Gasteiger partial charge in [-0.3, -0.25) is 14.6 Å². The van der Waals surface area contributed by atoms with Gasteiger partial charge in [-0.1, -0.05) is 47.5 Å². The van der Waals surface area contributed by atoms with Gasteiger partial charge in [0.15, 0.2) is 0 Å². The Kier molecular flexibility index (Phi) is 5.76. The number of amides is 1. The lowest BCUT2D eigenvalue weighted by molar-refractivity contribution is -0.131. The number of hydrogen-bond donors (Lipinski definition) is 2. The number of nitrogens with zero attached hydrogens (tertiary/aromatic N) is 1. The first-order chi connectivity index (χ1) is 14.8. The average Bonchev–Trinajstić information content (AvgIpc) is 3.09. The fourth-order valence-electron chi connectivity index (χ4n) is 3.55. The zero-order chi connectivity index (χ0) is 22.1. The van der Waals surface area contributed by atoms with E-state index in [0.29, 0.717) is 12.0 Å². The number of aromatic nitrogens is 1. The SMILES string of the molecule is O=C(Nc1c(Cl)cncc1Cl)C(=O)C1=CC(Cc2ccc(F)cc2)c2ccc(O)cc21. The third kappa shape index (κ3) is 4.31. The molecule has 2 N–H and O–H groups in total. The van der Waals surface area contributed by atoms with Gasteiger partial charge in [-0.15, -0.1) is 0 Å². The Bertz CT molecular complexity index is 1210. The molecule has 0 saturated carbocycles. The van der Waals surface area contributed by atoms with Gasteiger partial charge in [0.2, 0.25) is 0 Å². The summed E-state index contributed by atoms with van der Waals surface area (Å²) in [5.74, 6) is -2.30. The molecule has 31 heavy (non-hydrogen) atoms. The Balaban J connectivity index is 1.64. The minimum absolute atomic E-state index is 0.0273. The van der Waals surface area contributed by atoms with E-state index in [1.54, 1.807) is 24.3 Å². The van der Waals surface area contributed by atoms with E-state index >= 15 is 0 Å². The molecule has 3 aromatic rings. The van der Waals surface area contributed by atoms with Crippen LogP contribution in [0.5, 0.6) is 5.75 Å². The molecule has 1 aliphatic carbocycles. The van der Waals surface area contributed by atoms with Crippen molar-refractivity contribution in [1.82, 2.24) is 4.98 Å². The number of carbonyl (C=O) groups is 2. The van der Waals surface area contributed by atoms with Crippen LogP contribution in [0, 0.1) is 5.82 Å². The standard InChI is InChI=1S/C23H15Cl2FN2O3/c24-19-10-27-11-20(25)21(19)28-23(31)22(30)18-8-13(7-12-1-3-14(26)4-2-12)16-6-5-15(29)9-17(16)18/h1-6,8-11,13,29H,7H2,(H,27,28,31). The number of anilines is 1. The molecule has 1 unspecified atom stereocenters. The first kappa shape index (κ1) is 21.0. The molecular formula is C23H15Cl2FN2O3. The van der Waals surface area contributed by atoms with Gasteiger partial charge >= 0.3 is 0 Å². The molecule has 0 spiro atoms. The Morgan fingerprint density at radius 1 is 1.06 bits per heavy atom. The summed E-state index contributed by atoms with van der Waals surface area (Å²) in [4.78, 5) is 29.4. The minimum Gasteiger partial charge on any atom is -0.508 e. The largest absolute Gasteiger partial charge is 0.508 e. The molecule has 1 atom stereocenters. The lowest BCUT2D eigenvalue weighted by Gasteiger charge is -2.11. The van der Waals surface area contributed by atoms with Gasteiger partial charge in [0.25, 0.3) is 11.7 Å². The molecule has 5 nitrogen and oxygen atoms in total. The van der Waals surface area contributed by atoms with E-state index in [0.717, 1.165) is 11.1 Å². The molecule has 0 aliphatic heterocycles. The normalized spacial score (nSPS) is 14.7. The van der Waals surface area contributed by atoms with Gasteiger partial charge < -0.3 is 10.4 Å². The monoisotopic (exact) mass is 456 g/mol. The summed E-state index contributed by atoms with van der Waals surface area (Å²) in [7, 11) is 0. The number of rotatable bonds is 5. The van der Waals surface area contributed by atoms with Crippen molar-refractivity contribution in [2.75, 3.05) is 5.32 Å². The van der Waals surface area contributed by atoms with Crippen LogP contribution < -0.4 is 5.32 Å². The van der Waals surface area contributed by atoms with Gasteiger partial charge in [-0.2, -0.15) is 0 Å². The van der Waals surface area contributed by atoms with Gasteiger partial charge in [0.05, 0.1) is 15.7 Å². The maximum Gasteiger partial charge on any atom is 0.296 e. The highest BCUT2D eigenvalue weighted by molar-refractivity contribution is 6.57. The van der Waals surface area contributed by atoms with E-state index in [2.05, 4.69) is 10.3 Å². The third-order valence-corrected chi connectivity index (χ3v) is 5.58. The van der Waals surface area contributed by atoms with Crippen LogP contribution in [0.1, 0.15) is 22.6 Å². The molecule has 8 heteroatoms. The second-order valence-electron chi connectivity index (χ2n) is 7.05. The Morgan fingerprint density at radius 3 is 2.42 bits per heavy atom. The van der Waals surface area contributed by atoms with E-state index in [1.165, 1.54) is 36.7 Å². The molecule has 1 heterocycles. The fourth-order valence-corrected chi connectivity index (χ4v) is 4.01. The predicted octanol–water partition coefficient (Wildman–Crippen LogP) is 5.16. The molecule has 1 aliphatic rings. The third-order valence-electron chi connectivity index (χ3n) is 5.01. The van der Waals surface area contributed by atoms with Crippen molar-refractivity contribution >= 4 is 46.2 Å². The number of allylic oxidation sites excluding steroid dienone is 1. The number of hydrogen-bond acceptors (Lipinski definition) is 4. The highest BCUT2D eigenvalue weighted by atomic mass is 35.5. The topological polar surface area (TPSA) is 79.3 Å². The van der Waals surface area contributed by atoms with Crippen molar-refractivity contribution in [3.05, 3.63) is 93.5 Å². The summed E-state index contributed by atoms with van der Waals surface area (Å²) < 4.78 is 13.2. The zero-order valence-electron chi connectivity index (χ0n) is 15.9. The van der Waals surface area contributed by atoms with Crippen molar-refractivity contribution in [3.8, 4) is 5.75 Å². The molecule has 156 valence electrons. The molecule has 1 aromatic heterocycles. The Labute approximate surface area is 187 Å². The Hall–Kier alpha value is -3.22. The number of nitrogens with one attached hydrogen (secondary N) is 1. The summed E-state index contributed by atoms with van der Waals surface area (Å²) in [5, 5.41) is 12.6. The van der Waals surface area contributed by atoms with E-state index in [9.17, 15) is 19.1 Å². The van der Waals surface area contributed by atoms with Crippen LogP contribution in [0.4, 0.5) is 10.1 Å². The fraction of sp³-hybridized carbons (Fsp3) is 0.0870. The summed E-state index contributed by atoms with van der Waals surface area (Å²) >= 11 is 12.0. The average molecular weight is 457 g/mol. The van der Waals surface area contributed by atoms with Crippen molar-refractivity contribution in [2.24, 2.45) is 0 Å². The molecule has 4 rings (SSSR count). The van der Waals surface area contributed by atoms with Crippen LogP contribution in [0.15, 0.2) is 60.9 Å².